The number of hydrogen-bond donors (Lipinski definition) is 0. The number of benzene rings is 6. The summed E-state index contributed by atoms with van der Waals surface area (Å²) in [7, 11) is 0. The molecule has 0 fully saturated rings. The first-order valence-corrected chi connectivity index (χ1v) is 20.7. The predicted octanol–water partition coefficient (Wildman–Crippen LogP) is 13.1. The SMILES string of the molecule is c1ccc(-c2cc(-c3ccccc3)nc(-c3ccc4c(c3)-c3cc(-c5cc(-c6ccccn6)nc(-c6ccccn6)c5)ccc3C43c4ccccc4Oc4ccccc43)n2)cc1. The normalized spacial score (nSPS) is 12.8. The third kappa shape index (κ3) is 5.76. The molecule has 4 aromatic heterocycles. The molecule has 62 heavy (non-hydrogen) atoms. The highest BCUT2D eigenvalue weighted by atomic mass is 16.5. The van der Waals surface area contributed by atoms with E-state index in [-0.39, 0.29) is 0 Å². The van der Waals surface area contributed by atoms with Gasteiger partial charge in [-0.15, -0.1) is 0 Å². The van der Waals surface area contributed by atoms with Gasteiger partial charge in [0.15, 0.2) is 5.82 Å². The first-order valence-electron chi connectivity index (χ1n) is 20.7. The molecule has 2 aliphatic rings. The topological polar surface area (TPSA) is 73.7 Å². The van der Waals surface area contributed by atoms with Crippen molar-refractivity contribution in [3.8, 4) is 90.4 Å². The highest BCUT2D eigenvalue weighted by Gasteiger charge is 2.51. The lowest BCUT2D eigenvalue weighted by Crippen LogP contribution is -2.32. The van der Waals surface area contributed by atoms with Crippen LogP contribution in [0.2, 0.25) is 0 Å². The molecule has 0 N–H and O–H groups in total. The van der Waals surface area contributed by atoms with Crippen molar-refractivity contribution < 1.29 is 4.74 Å². The van der Waals surface area contributed by atoms with Crippen LogP contribution in [-0.4, -0.2) is 24.9 Å². The standard InChI is InChI=1S/C56H35N5O/c1-3-15-36(16-4-1)49-35-50(37-17-5-2-6-18-37)61-55(60-49)39-26-28-44-42(32-39)41-31-38(40-33-51(47-21-11-13-29-57-47)59-52(34-40)48-22-12-14-30-58-48)25-27-43(41)56(44)45-19-7-9-23-53(45)62-54-24-10-8-20-46(54)56/h1-35H. The van der Waals surface area contributed by atoms with Crippen molar-refractivity contribution in [2.24, 2.45) is 0 Å². The average Bonchev–Trinajstić information content (AvgIpc) is 3.64. The van der Waals surface area contributed by atoms with Gasteiger partial charge in [0.1, 0.15) is 11.5 Å². The monoisotopic (exact) mass is 793 g/mol. The van der Waals surface area contributed by atoms with Crippen molar-refractivity contribution in [2.45, 2.75) is 5.41 Å². The summed E-state index contributed by atoms with van der Waals surface area (Å²) in [5.74, 6) is 2.35. The van der Waals surface area contributed by atoms with E-state index >= 15 is 0 Å². The van der Waals surface area contributed by atoms with Crippen LogP contribution in [0.1, 0.15) is 22.3 Å². The van der Waals surface area contributed by atoms with Crippen LogP contribution in [-0.2, 0) is 5.41 Å². The van der Waals surface area contributed by atoms with Crippen LogP contribution in [0.3, 0.4) is 0 Å². The Morgan fingerprint density at radius 2 is 0.790 bits per heavy atom. The van der Waals surface area contributed by atoms with Gasteiger partial charge in [-0.25, -0.2) is 15.0 Å². The lowest BCUT2D eigenvalue weighted by molar-refractivity contribution is 0.436. The molecule has 0 saturated heterocycles. The van der Waals surface area contributed by atoms with Crippen molar-refractivity contribution >= 4 is 0 Å². The van der Waals surface area contributed by atoms with E-state index in [2.05, 4.69) is 125 Å². The number of fused-ring (bicyclic) bond motifs is 9. The van der Waals surface area contributed by atoms with E-state index in [1.807, 2.05) is 84.9 Å². The lowest BCUT2D eigenvalue weighted by atomic mass is 9.66. The van der Waals surface area contributed by atoms with Crippen molar-refractivity contribution in [1.29, 1.82) is 0 Å². The van der Waals surface area contributed by atoms with E-state index in [0.29, 0.717) is 5.82 Å². The third-order valence-electron chi connectivity index (χ3n) is 12.1. The van der Waals surface area contributed by atoms with E-state index in [4.69, 9.17) is 19.7 Å². The van der Waals surface area contributed by atoms with Crippen LogP contribution in [0.4, 0.5) is 0 Å². The van der Waals surface area contributed by atoms with Crippen LogP contribution < -0.4 is 4.74 Å². The molecule has 0 saturated carbocycles. The molecule has 0 radical (unpaired) electrons. The Hall–Kier alpha value is -8.35. The average molecular weight is 794 g/mol. The fourth-order valence-corrected chi connectivity index (χ4v) is 9.30. The van der Waals surface area contributed by atoms with Gasteiger partial charge >= 0.3 is 0 Å². The molecule has 12 rings (SSSR count). The van der Waals surface area contributed by atoms with Gasteiger partial charge in [-0.3, -0.25) is 9.97 Å². The fourth-order valence-electron chi connectivity index (χ4n) is 9.30. The molecule has 1 aliphatic heterocycles. The van der Waals surface area contributed by atoms with Crippen molar-refractivity contribution in [3.63, 3.8) is 0 Å². The first-order chi connectivity index (χ1) is 30.7. The molecule has 0 bridgehead atoms. The molecular formula is C56H35N5O. The Labute approximate surface area is 359 Å². The molecular weight excluding hydrogens is 759 g/mol. The summed E-state index contributed by atoms with van der Waals surface area (Å²) >= 11 is 0. The van der Waals surface area contributed by atoms with Gasteiger partial charge in [0.25, 0.3) is 0 Å². The Balaban J connectivity index is 1.11. The minimum Gasteiger partial charge on any atom is -0.457 e. The number of hydrogen-bond acceptors (Lipinski definition) is 6. The molecule has 6 heteroatoms. The summed E-state index contributed by atoms with van der Waals surface area (Å²) in [6, 6.07) is 69.4. The number of para-hydroxylation sites is 2. The quantitative estimate of drug-likeness (QED) is 0.167. The van der Waals surface area contributed by atoms with E-state index in [1.54, 1.807) is 12.4 Å². The van der Waals surface area contributed by atoms with Crippen LogP contribution in [0, 0.1) is 0 Å². The Morgan fingerprint density at radius 1 is 0.306 bits per heavy atom. The first kappa shape index (κ1) is 35.6. The highest BCUT2D eigenvalue weighted by Crippen LogP contribution is 2.62. The van der Waals surface area contributed by atoms with Crippen LogP contribution in [0.15, 0.2) is 213 Å². The maximum atomic E-state index is 6.66. The zero-order chi connectivity index (χ0) is 41.0. The second-order valence-corrected chi connectivity index (χ2v) is 15.6. The zero-order valence-electron chi connectivity index (χ0n) is 33.4. The number of pyridine rings is 3. The second kappa shape index (κ2) is 14.4. The number of ether oxygens (including phenoxy) is 1. The molecule has 6 nitrogen and oxygen atoms in total. The summed E-state index contributed by atoms with van der Waals surface area (Å²) in [6.07, 6.45) is 3.61. The van der Waals surface area contributed by atoms with Crippen LogP contribution >= 0.6 is 0 Å². The number of nitrogens with zero attached hydrogens (tertiary/aromatic N) is 5. The van der Waals surface area contributed by atoms with Crippen molar-refractivity contribution in [3.05, 3.63) is 235 Å². The molecule has 6 aromatic carbocycles. The maximum Gasteiger partial charge on any atom is 0.160 e. The molecule has 1 aliphatic carbocycles. The summed E-state index contributed by atoms with van der Waals surface area (Å²) in [4.78, 5) is 25.0. The largest absolute Gasteiger partial charge is 0.457 e. The molecule has 0 atom stereocenters. The third-order valence-corrected chi connectivity index (χ3v) is 12.1. The Kier molecular flexibility index (Phi) is 8.28. The lowest BCUT2D eigenvalue weighted by Gasteiger charge is -2.39. The van der Waals surface area contributed by atoms with Gasteiger partial charge < -0.3 is 4.74 Å². The smallest absolute Gasteiger partial charge is 0.160 e. The molecule has 5 heterocycles. The summed E-state index contributed by atoms with van der Waals surface area (Å²) in [6.45, 7) is 0. The minimum atomic E-state index is -0.647. The van der Waals surface area contributed by atoms with Gasteiger partial charge in [-0.2, -0.15) is 0 Å². The van der Waals surface area contributed by atoms with Crippen molar-refractivity contribution in [1.82, 2.24) is 24.9 Å². The van der Waals surface area contributed by atoms with Gasteiger partial charge in [0.2, 0.25) is 0 Å². The fraction of sp³-hybridized carbons (Fsp3) is 0.0179. The predicted molar refractivity (Wildman–Crippen MR) is 245 cm³/mol. The molecule has 10 aromatic rings. The van der Waals surface area contributed by atoms with Gasteiger partial charge in [0.05, 0.1) is 39.6 Å². The number of aromatic nitrogens is 5. The van der Waals surface area contributed by atoms with Crippen LogP contribution in [0.25, 0.3) is 78.9 Å². The summed E-state index contributed by atoms with van der Waals surface area (Å²) in [5.41, 5.74) is 16.1. The van der Waals surface area contributed by atoms with E-state index in [9.17, 15) is 0 Å². The maximum absolute atomic E-state index is 6.66. The van der Waals surface area contributed by atoms with Gasteiger partial charge in [-0.05, 0) is 100 Å². The van der Waals surface area contributed by atoms with E-state index < -0.39 is 5.41 Å². The van der Waals surface area contributed by atoms with Gasteiger partial charge in [0, 0.05) is 40.2 Å². The number of rotatable bonds is 6. The highest BCUT2D eigenvalue weighted by molar-refractivity contribution is 5.93. The molecule has 0 unspecified atom stereocenters. The van der Waals surface area contributed by atoms with Crippen molar-refractivity contribution in [2.75, 3.05) is 0 Å². The second-order valence-electron chi connectivity index (χ2n) is 15.6. The molecule has 1 spiro atoms. The zero-order valence-corrected chi connectivity index (χ0v) is 33.4. The van der Waals surface area contributed by atoms with E-state index in [1.165, 1.54) is 11.1 Å². The Bertz CT molecular complexity index is 2980. The Morgan fingerprint density at radius 3 is 1.32 bits per heavy atom. The molecule has 0 amide bonds. The minimum absolute atomic E-state index is 0.647. The molecule has 290 valence electrons. The summed E-state index contributed by atoms with van der Waals surface area (Å²) in [5, 5.41) is 0. The summed E-state index contributed by atoms with van der Waals surface area (Å²) < 4.78 is 6.66. The van der Waals surface area contributed by atoms with Gasteiger partial charge in [-0.1, -0.05) is 133 Å². The van der Waals surface area contributed by atoms with E-state index in [0.717, 1.165) is 95.7 Å². The van der Waals surface area contributed by atoms with Crippen LogP contribution in [0.5, 0.6) is 11.5 Å².